The molecular formula is C9H18O2. The Morgan fingerprint density at radius 2 is 1.82 bits per heavy atom. The molecule has 0 aliphatic carbocycles. The van der Waals surface area contributed by atoms with Gasteiger partial charge in [-0.05, 0) is 12.3 Å². The molecule has 0 unspecified atom stereocenters. The molecule has 0 aromatic carbocycles. The average molecular weight is 158 g/mol. The predicted octanol–water partition coefficient (Wildman–Crippen LogP) is 2.04. The molecule has 0 spiro atoms. The van der Waals surface area contributed by atoms with Gasteiger partial charge < -0.3 is 9.47 Å². The predicted molar refractivity (Wildman–Crippen MR) is 44.3 cm³/mol. The summed E-state index contributed by atoms with van der Waals surface area (Å²) in [6.07, 6.45) is 1.02. The van der Waals surface area contributed by atoms with E-state index in [1.165, 1.54) is 0 Å². The molecule has 0 bridgehead atoms. The van der Waals surface area contributed by atoms with Crippen LogP contribution in [0.15, 0.2) is 0 Å². The van der Waals surface area contributed by atoms with E-state index in [0.717, 1.165) is 19.6 Å². The second-order valence-corrected chi connectivity index (χ2v) is 3.51. The Balaban J connectivity index is 2.24. The first kappa shape index (κ1) is 9.01. The fourth-order valence-electron chi connectivity index (χ4n) is 1.18. The first-order valence-corrected chi connectivity index (χ1v) is 4.47. The smallest absolute Gasteiger partial charge is 0.157 e. The van der Waals surface area contributed by atoms with Crippen LogP contribution in [0.3, 0.4) is 0 Å². The van der Waals surface area contributed by atoms with Crippen molar-refractivity contribution >= 4 is 0 Å². The van der Waals surface area contributed by atoms with Crippen LogP contribution in [0.1, 0.15) is 27.2 Å². The van der Waals surface area contributed by atoms with Crippen LogP contribution in [0.2, 0.25) is 0 Å². The van der Waals surface area contributed by atoms with Gasteiger partial charge in [-0.15, -0.1) is 0 Å². The number of hydrogen-bond donors (Lipinski definition) is 0. The van der Waals surface area contributed by atoms with Gasteiger partial charge in [-0.25, -0.2) is 0 Å². The van der Waals surface area contributed by atoms with Gasteiger partial charge in [0, 0.05) is 5.92 Å². The molecule has 2 nitrogen and oxygen atoms in total. The fraction of sp³-hybridized carbons (Fsp3) is 1.00. The van der Waals surface area contributed by atoms with Crippen molar-refractivity contribution in [3.8, 4) is 0 Å². The summed E-state index contributed by atoms with van der Waals surface area (Å²) in [7, 11) is 0. The highest BCUT2D eigenvalue weighted by Gasteiger charge is 2.22. The van der Waals surface area contributed by atoms with Gasteiger partial charge >= 0.3 is 0 Å². The molecule has 1 rings (SSSR count). The van der Waals surface area contributed by atoms with Crippen molar-refractivity contribution in [2.45, 2.75) is 33.5 Å². The molecule has 1 heterocycles. The fourth-order valence-corrected chi connectivity index (χ4v) is 1.18. The van der Waals surface area contributed by atoms with Crippen molar-refractivity contribution in [3.05, 3.63) is 0 Å². The van der Waals surface area contributed by atoms with Crippen molar-refractivity contribution in [1.82, 2.24) is 0 Å². The van der Waals surface area contributed by atoms with E-state index >= 15 is 0 Å². The highest BCUT2D eigenvalue weighted by molar-refractivity contribution is 4.65. The molecule has 0 radical (unpaired) electrons. The molecule has 0 aromatic heterocycles. The second kappa shape index (κ2) is 4.07. The summed E-state index contributed by atoms with van der Waals surface area (Å²) in [6.45, 7) is 8.25. The number of rotatable bonds is 2. The van der Waals surface area contributed by atoms with Crippen LogP contribution in [0.4, 0.5) is 0 Å². The molecule has 1 fully saturated rings. The molecule has 0 aromatic rings. The molecule has 0 amide bonds. The van der Waals surface area contributed by atoms with Gasteiger partial charge in [0.2, 0.25) is 0 Å². The summed E-state index contributed by atoms with van der Waals surface area (Å²) >= 11 is 0. The zero-order valence-electron chi connectivity index (χ0n) is 7.67. The van der Waals surface area contributed by atoms with Gasteiger partial charge in [-0.2, -0.15) is 0 Å². The summed E-state index contributed by atoms with van der Waals surface area (Å²) in [5, 5.41) is 0. The Labute approximate surface area is 68.9 Å². The maximum atomic E-state index is 5.48. The molecule has 1 aliphatic heterocycles. The van der Waals surface area contributed by atoms with Crippen LogP contribution in [0, 0.1) is 11.8 Å². The van der Waals surface area contributed by atoms with E-state index in [1.54, 1.807) is 0 Å². The first-order chi connectivity index (χ1) is 5.24. The SMILES string of the molecule is CCC1OCC(C(C)C)CO1. The maximum Gasteiger partial charge on any atom is 0.157 e. The van der Waals surface area contributed by atoms with E-state index in [2.05, 4.69) is 20.8 Å². The van der Waals surface area contributed by atoms with Crippen molar-refractivity contribution < 1.29 is 9.47 Å². The quantitative estimate of drug-likeness (QED) is 0.612. The van der Waals surface area contributed by atoms with Crippen LogP contribution >= 0.6 is 0 Å². The summed E-state index contributed by atoms with van der Waals surface area (Å²) in [6, 6.07) is 0. The zero-order valence-corrected chi connectivity index (χ0v) is 7.67. The lowest BCUT2D eigenvalue weighted by Crippen LogP contribution is -2.34. The largest absolute Gasteiger partial charge is 0.352 e. The first-order valence-electron chi connectivity index (χ1n) is 4.47. The monoisotopic (exact) mass is 158 g/mol. The molecule has 0 saturated carbocycles. The van der Waals surface area contributed by atoms with Crippen LogP contribution in [0.25, 0.3) is 0 Å². The second-order valence-electron chi connectivity index (χ2n) is 3.51. The van der Waals surface area contributed by atoms with Crippen LogP contribution in [-0.2, 0) is 9.47 Å². The summed E-state index contributed by atoms with van der Waals surface area (Å²) in [4.78, 5) is 0. The van der Waals surface area contributed by atoms with Gasteiger partial charge in [0.1, 0.15) is 0 Å². The normalized spacial score (nSPS) is 32.7. The van der Waals surface area contributed by atoms with Gasteiger partial charge in [-0.1, -0.05) is 20.8 Å². The molecular weight excluding hydrogens is 140 g/mol. The standard InChI is InChI=1S/C9H18O2/c1-4-9-10-5-8(6-11-9)7(2)3/h7-9H,4-6H2,1-3H3. The molecule has 11 heavy (non-hydrogen) atoms. The van der Waals surface area contributed by atoms with E-state index in [4.69, 9.17) is 9.47 Å². The van der Waals surface area contributed by atoms with Crippen molar-refractivity contribution in [3.63, 3.8) is 0 Å². The highest BCUT2D eigenvalue weighted by Crippen LogP contribution is 2.19. The van der Waals surface area contributed by atoms with Crippen molar-refractivity contribution in [2.24, 2.45) is 11.8 Å². The van der Waals surface area contributed by atoms with Crippen molar-refractivity contribution in [2.75, 3.05) is 13.2 Å². The third-order valence-electron chi connectivity index (χ3n) is 2.27. The summed E-state index contributed by atoms with van der Waals surface area (Å²) in [5.74, 6) is 1.27. The van der Waals surface area contributed by atoms with E-state index in [9.17, 15) is 0 Å². The number of ether oxygens (including phenoxy) is 2. The third kappa shape index (κ3) is 2.46. The lowest BCUT2D eigenvalue weighted by atomic mass is 9.97. The molecule has 1 aliphatic rings. The zero-order chi connectivity index (χ0) is 8.27. The van der Waals surface area contributed by atoms with Crippen molar-refractivity contribution in [1.29, 1.82) is 0 Å². The van der Waals surface area contributed by atoms with Gasteiger partial charge in [-0.3, -0.25) is 0 Å². The minimum Gasteiger partial charge on any atom is -0.352 e. The van der Waals surface area contributed by atoms with E-state index in [1.807, 2.05) is 0 Å². The van der Waals surface area contributed by atoms with E-state index < -0.39 is 0 Å². The lowest BCUT2D eigenvalue weighted by molar-refractivity contribution is -0.206. The van der Waals surface area contributed by atoms with Gasteiger partial charge in [0.15, 0.2) is 6.29 Å². The average Bonchev–Trinajstić information content (AvgIpc) is 2.05. The molecule has 0 N–H and O–H groups in total. The minimum absolute atomic E-state index is 0.0602. The Morgan fingerprint density at radius 1 is 1.27 bits per heavy atom. The van der Waals surface area contributed by atoms with E-state index in [0.29, 0.717) is 11.8 Å². The Bertz CT molecular complexity index is 104. The lowest BCUT2D eigenvalue weighted by Gasteiger charge is -2.30. The molecule has 1 saturated heterocycles. The van der Waals surface area contributed by atoms with Crippen LogP contribution in [-0.4, -0.2) is 19.5 Å². The van der Waals surface area contributed by atoms with Gasteiger partial charge in [0.25, 0.3) is 0 Å². The van der Waals surface area contributed by atoms with Crippen LogP contribution < -0.4 is 0 Å². The van der Waals surface area contributed by atoms with E-state index in [-0.39, 0.29) is 6.29 Å². The minimum atomic E-state index is 0.0602. The Morgan fingerprint density at radius 3 is 2.18 bits per heavy atom. The summed E-state index contributed by atoms with van der Waals surface area (Å²) < 4.78 is 11.0. The highest BCUT2D eigenvalue weighted by atomic mass is 16.7. The molecule has 0 atom stereocenters. The molecule has 2 heteroatoms. The third-order valence-corrected chi connectivity index (χ3v) is 2.27. The van der Waals surface area contributed by atoms with Gasteiger partial charge in [0.05, 0.1) is 13.2 Å². The topological polar surface area (TPSA) is 18.5 Å². The summed E-state index contributed by atoms with van der Waals surface area (Å²) in [5.41, 5.74) is 0. The number of hydrogen-bond acceptors (Lipinski definition) is 2. The maximum absolute atomic E-state index is 5.48. The van der Waals surface area contributed by atoms with Crippen LogP contribution in [0.5, 0.6) is 0 Å². The Hall–Kier alpha value is -0.0800. The molecule has 66 valence electrons. The Kier molecular flexibility index (Phi) is 3.34.